The maximum Gasteiger partial charge on any atom is 0.254 e. The number of nitrogens with zero attached hydrogens (tertiary/aromatic N) is 2. The molecule has 0 fully saturated rings. The number of nitrogens with one attached hydrogen (secondary N) is 1. The lowest BCUT2D eigenvalue weighted by atomic mass is 9.84. The molecule has 10 heteroatoms. The molecule has 0 radical (unpaired) electrons. The van der Waals surface area contributed by atoms with Crippen molar-refractivity contribution < 1.29 is 28.6 Å². The van der Waals surface area contributed by atoms with Crippen molar-refractivity contribution >= 4 is 11.8 Å². The van der Waals surface area contributed by atoms with Gasteiger partial charge in [-0.25, -0.2) is 4.98 Å². The minimum absolute atomic E-state index is 0.121. The van der Waals surface area contributed by atoms with E-state index in [0.717, 1.165) is 33.7 Å². The summed E-state index contributed by atoms with van der Waals surface area (Å²) in [7, 11) is 1.59. The number of hydrogen-bond donors (Lipinski definition) is 3. The van der Waals surface area contributed by atoms with Crippen molar-refractivity contribution in [3.05, 3.63) is 112 Å². The standard InChI is InChI=1S/C34H36N4O6/c1-20-32(44-19-37-20)18-43-27-9-5-22-15-29(36-17-25(22)14-27)31(39)16-30-28-10-6-24(33(35)40)13-23(28)11-12-38(30)34(41)21-3-7-26(42-2)8-4-21/h3-10,13-14,19,29-31,36,39H,11-12,15-18H2,1-2H3,(H2,35,40)/t29-,30?,31+/m0/s1. The van der Waals surface area contributed by atoms with Gasteiger partial charge in [-0.2, -0.15) is 0 Å². The number of aliphatic hydroxyl groups is 1. The van der Waals surface area contributed by atoms with Crippen molar-refractivity contribution in [3.63, 3.8) is 0 Å². The number of rotatable bonds is 9. The Kier molecular flexibility index (Phi) is 8.36. The van der Waals surface area contributed by atoms with Gasteiger partial charge in [0.05, 0.1) is 24.9 Å². The number of carbonyl (C=O) groups excluding carboxylic acids is 2. The van der Waals surface area contributed by atoms with Gasteiger partial charge in [-0.05, 0) is 97.0 Å². The van der Waals surface area contributed by atoms with E-state index < -0.39 is 12.0 Å². The summed E-state index contributed by atoms with van der Waals surface area (Å²) in [6.07, 6.45) is 2.21. The van der Waals surface area contributed by atoms with Gasteiger partial charge in [-0.15, -0.1) is 0 Å². The van der Waals surface area contributed by atoms with Gasteiger partial charge in [-0.3, -0.25) is 9.59 Å². The first-order valence-corrected chi connectivity index (χ1v) is 14.7. The van der Waals surface area contributed by atoms with Crippen molar-refractivity contribution in [3.8, 4) is 11.5 Å². The van der Waals surface area contributed by atoms with Gasteiger partial charge >= 0.3 is 0 Å². The highest BCUT2D eigenvalue weighted by Gasteiger charge is 2.36. The van der Waals surface area contributed by atoms with Crippen LogP contribution in [-0.4, -0.2) is 52.6 Å². The average Bonchev–Trinajstić information content (AvgIpc) is 3.47. The number of primary amides is 1. The number of aliphatic hydroxyl groups excluding tert-OH is 1. The van der Waals surface area contributed by atoms with Crippen molar-refractivity contribution in [1.82, 2.24) is 15.2 Å². The number of amides is 2. The third kappa shape index (κ3) is 6.04. The third-order valence-electron chi connectivity index (χ3n) is 8.70. The molecule has 1 unspecified atom stereocenters. The van der Waals surface area contributed by atoms with E-state index in [4.69, 9.17) is 19.6 Å². The van der Waals surface area contributed by atoms with Crippen LogP contribution in [0.1, 0.15) is 66.9 Å². The van der Waals surface area contributed by atoms with Crippen LogP contribution >= 0.6 is 0 Å². The monoisotopic (exact) mass is 596 g/mol. The number of nitrogens with two attached hydrogens (primary N) is 1. The fraction of sp³-hybridized carbons (Fsp3) is 0.324. The van der Waals surface area contributed by atoms with E-state index >= 15 is 0 Å². The number of methoxy groups -OCH3 is 1. The Labute approximate surface area is 255 Å². The second-order valence-corrected chi connectivity index (χ2v) is 11.3. The van der Waals surface area contributed by atoms with Gasteiger partial charge < -0.3 is 34.9 Å². The predicted molar refractivity (Wildman–Crippen MR) is 162 cm³/mol. The second-order valence-electron chi connectivity index (χ2n) is 11.3. The molecule has 3 atom stereocenters. The minimum Gasteiger partial charge on any atom is -0.497 e. The van der Waals surface area contributed by atoms with Crippen LogP contribution < -0.4 is 20.5 Å². The summed E-state index contributed by atoms with van der Waals surface area (Å²) in [5, 5.41) is 15.1. The van der Waals surface area contributed by atoms with Crippen LogP contribution in [0.4, 0.5) is 0 Å². The summed E-state index contributed by atoms with van der Waals surface area (Å²) in [6.45, 7) is 3.21. The van der Waals surface area contributed by atoms with Crippen molar-refractivity contribution in [1.29, 1.82) is 0 Å². The van der Waals surface area contributed by atoms with Crippen LogP contribution in [0, 0.1) is 6.92 Å². The molecule has 3 heterocycles. The molecule has 0 spiro atoms. The van der Waals surface area contributed by atoms with Gasteiger partial charge in [0.2, 0.25) is 5.91 Å². The number of hydrogen-bond acceptors (Lipinski definition) is 8. The fourth-order valence-electron chi connectivity index (χ4n) is 6.15. The molecule has 4 N–H and O–H groups in total. The first-order chi connectivity index (χ1) is 21.3. The van der Waals surface area contributed by atoms with E-state index in [0.29, 0.717) is 61.6 Å². The molecule has 4 aromatic rings. The van der Waals surface area contributed by atoms with Crippen molar-refractivity contribution in [2.75, 3.05) is 13.7 Å². The Morgan fingerprint density at radius 2 is 1.84 bits per heavy atom. The van der Waals surface area contributed by atoms with Crippen LogP contribution in [-0.2, 0) is 26.0 Å². The lowest BCUT2D eigenvalue weighted by Crippen LogP contribution is -2.48. The molecule has 0 saturated heterocycles. The van der Waals surface area contributed by atoms with E-state index in [2.05, 4.69) is 10.3 Å². The highest BCUT2D eigenvalue weighted by atomic mass is 16.5. The Morgan fingerprint density at radius 3 is 2.57 bits per heavy atom. The van der Waals surface area contributed by atoms with Crippen LogP contribution in [0.5, 0.6) is 11.5 Å². The molecule has 0 aliphatic carbocycles. The number of ether oxygens (including phenoxy) is 2. The van der Waals surface area contributed by atoms with Crippen LogP contribution in [0.2, 0.25) is 0 Å². The average molecular weight is 597 g/mol. The summed E-state index contributed by atoms with van der Waals surface area (Å²) >= 11 is 0. The summed E-state index contributed by atoms with van der Waals surface area (Å²) in [5.74, 6) is 1.49. The van der Waals surface area contributed by atoms with Gasteiger partial charge in [0.25, 0.3) is 5.91 Å². The Hall–Kier alpha value is -4.67. The highest BCUT2D eigenvalue weighted by Crippen LogP contribution is 2.36. The minimum atomic E-state index is -0.744. The van der Waals surface area contributed by atoms with Gasteiger partial charge in [0.1, 0.15) is 18.1 Å². The molecule has 2 amide bonds. The highest BCUT2D eigenvalue weighted by molar-refractivity contribution is 5.95. The van der Waals surface area contributed by atoms with Gasteiger partial charge in [0, 0.05) is 30.3 Å². The zero-order valence-corrected chi connectivity index (χ0v) is 24.8. The van der Waals surface area contributed by atoms with Crippen LogP contribution in [0.25, 0.3) is 0 Å². The number of oxazole rings is 1. The molecule has 6 rings (SSSR count). The summed E-state index contributed by atoms with van der Waals surface area (Å²) in [4.78, 5) is 31.6. The Morgan fingerprint density at radius 1 is 1.07 bits per heavy atom. The van der Waals surface area contributed by atoms with Crippen molar-refractivity contribution in [2.45, 2.75) is 57.5 Å². The van der Waals surface area contributed by atoms with Crippen LogP contribution in [0.15, 0.2) is 71.5 Å². The molecule has 2 aliphatic rings. The lowest BCUT2D eigenvalue weighted by Gasteiger charge is -2.40. The molecule has 0 saturated carbocycles. The number of aromatic nitrogens is 1. The quantitative estimate of drug-likeness (QED) is 0.265. The maximum absolute atomic E-state index is 13.8. The lowest BCUT2D eigenvalue weighted by molar-refractivity contribution is 0.0480. The van der Waals surface area contributed by atoms with E-state index in [9.17, 15) is 14.7 Å². The first-order valence-electron chi connectivity index (χ1n) is 14.7. The third-order valence-corrected chi connectivity index (χ3v) is 8.70. The number of fused-ring (bicyclic) bond motifs is 2. The SMILES string of the molecule is COc1ccc(C(=O)N2CCc3cc(C(N)=O)ccc3C2C[C@@H](O)[C@@H]2Cc3ccc(OCc4ocnc4C)cc3CN2)cc1. The van der Waals surface area contributed by atoms with Crippen LogP contribution in [0.3, 0.4) is 0 Å². The summed E-state index contributed by atoms with van der Waals surface area (Å²) in [5.41, 5.74) is 11.5. The predicted octanol–water partition coefficient (Wildman–Crippen LogP) is 3.87. The fourth-order valence-corrected chi connectivity index (χ4v) is 6.15. The Balaban J connectivity index is 1.20. The maximum atomic E-state index is 13.8. The molecule has 10 nitrogen and oxygen atoms in total. The molecule has 0 bridgehead atoms. The van der Waals surface area contributed by atoms with E-state index in [-0.39, 0.29) is 18.0 Å². The zero-order chi connectivity index (χ0) is 30.8. The smallest absolute Gasteiger partial charge is 0.254 e. The molecule has 228 valence electrons. The molecular weight excluding hydrogens is 560 g/mol. The number of benzene rings is 3. The largest absolute Gasteiger partial charge is 0.497 e. The van der Waals surface area contributed by atoms with Gasteiger partial charge in [-0.1, -0.05) is 12.1 Å². The van der Waals surface area contributed by atoms with E-state index in [1.807, 2.05) is 42.2 Å². The second kappa shape index (κ2) is 12.5. The molecule has 3 aromatic carbocycles. The van der Waals surface area contributed by atoms with E-state index in [1.54, 1.807) is 37.4 Å². The molecular formula is C34H36N4O6. The number of carbonyl (C=O) groups is 2. The normalized spacial score (nSPS) is 18.2. The van der Waals surface area contributed by atoms with E-state index in [1.165, 1.54) is 6.39 Å². The first kappa shape index (κ1) is 29.4. The zero-order valence-electron chi connectivity index (χ0n) is 24.8. The molecule has 1 aromatic heterocycles. The Bertz CT molecular complexity index is 1670. The number of aryl methyl sites for hydroxylation is 1. The topological polar surface area (TPSA) is 140 Å². The van der Waals surface area contributed by atoms with Crippen molar-refractivity contribution in [2.24, 2.45) is 5.73 Å². The molecule has 44 heavy (non-hydrogen) atoms. The van der Waals surface area contributed by atoms with Gasteiger partial charge in [0.15, 0.2) is 12.2 Å². The summed E-state index contributed by atoms with van der Waals surface area (Å²) < 4.78 is 16.6. The molecule has 2 aliphatic heterocycles. The summed E-state index contributed by atoms with van der Waals surface area (Å²) in [6, 6.07) is 17.8.